The molecule has 0 aliphatic carbocycles. The Balaban J connectivity index is 2.61. The van der Waals surface area contributed by atoms with Crippen molar-refractivity contribution in [2.24, 2.45) is 0 Å². The molecule has 0 saturated heterocycles. The molecule has 0 heterocycles. The number of rotatable bonds is 2. The van der Waals surface area contributed by atoms with E-state index in [1.807, 2.05) is 20.8 Å². The van der Waals surface area contributed by atoms with E-state index in [1.54, 1.807) is 42.5 Å². The second kappa shape index (κ2) is 5.89. The van der Waals surface area contributed by atoms with Crippen LogP contribution in [0, 0.1) is 22.7 Å². The van der Waals surface area contributed by atoms with Gasteiger partial charge >= 0.3 is 0 Å². The molecule has 109 valence electrons. The van der Waals surface area contributed by atoms with E-state index >= 15 is 0 Å². The van der Waals surface area contributed by atoms with E-state index in [0.29, 0.717) is 22.4 Å². The monoisotopic (exact) mass is 290 g/mol. The van der Waals surface area contributed by atoms with Gasteiger partial charge in [0.1, 0.15) is 0 Å². The molecule has 4 nitrogen and oxygen atoms in total. The van der Waals surface area contributed by atoms with Gasteiger partial charge in [-0.1, -0.05) is 17.3 Å². The van der Waals surface area contributed by atoms with Gasteiger partial charge < -0.3 is 0 Å². The van der Waals surface area contributed by atoms with Gasteiger partial charge in [-0.05, 0) is 56.7 Å². The smallest absolute Gasteiger partial charge is 0.0991 e. The van der Waals surface area contributed by atoms with Gasteiger partial charge in [0.05, 0.1) is 34.5 Å². The van der Waals surface area contributed by atoms with Crippen molar-refractivity contribution >= 4 is 5.69 Å². The first kappa shape index (κ1) is 15.6. The van der Waals surface area contributed by atoms with Crippen LogP contribution in [0.15, 0.2) is 42.5 Å². The molecule has 1 radical (unpaired) electrons. The van der Waals surface area contributed by atoms with Crippen LogP contribution in [0.3, 0.4) is 0 Å². The highest BCUT2D eigenvalue weighted by Gasteiger charge is 2.24. The third kappa shape index (κ3) is 3.09. The first-order valence-electron chi connectivity index (χ1n) is 6.89. The van der Waals surface area contributed by atoms with E-state index < -0.39 is 5.54 Å². The molecule has 0 fully saturated rings. The molecule has 0 N–H and O–H groups in total. The molecule has 2 aromatic rings. The van der Waals surface area contributed by atoms with Crippen molar-refractivity contribution in [3.05, 3.63) is 53.6 Å². The minimum atomic E-state index is -0.588. The van der Waals surface area contributed by atoms with E-state index in [2.05, 4.69) is 12.1 Å². The molecule has 2 rings (SSSR count). The van der Waals surface area contributed by atoms with Crippen molar-refractivity contribution in [2.75, 3.05) is 5.06 Å². The Labute approximate surface area is 130 Å². The Kier molecular flexibility index (Phi) is 4.17. The fraction of sp³-hybridized carbons (Fsp3) is 0.222. The quantitative estimate of drug-likeness (QED) is 0.783. The zero-order chi connectivity index (χ0) is 16.3. The lowest BCUT2D eigenvalue weighted by atomic mass is 9.98. The number of anilines is 1. The third-order valence-corrected chi connectivity index (χ3v) is 3.28. The fourth-order valence-electron chi connectivity index (χ4n) is 2.10. The van der Waals surface area contributed by atoms with Crippen LogP contribution in [0.4, 0.5) is 5.69 Å². The zero-order valence-corrected chi connectivity index (χ0v) is 12.8. The van der Waals surface area contributed by atoms with Crippen molar-refractivity contribution in [2.45, 2.75) is 26.3 Å². The molecular weight excluding hydrogens is 274 g/mol. The van der Waals surface area contributed by atoms with Crippen molar-refractivity contribution in [3.63, 3.8) is 0 Å². The van der Waals surface area contributed by atoms with E-state index in [-0.39, 0.29) is 0 Å². The molecule has 0 atom stereocenters. The summed E-state index contributed by atoms with van der Waals surface area (Å²) in [4.78, 5) is 0. The first-order chi connectivity index (χ1) is 10.4. The normalized spacial score (nSPS) is 10.6. The molecule has 4 heteroatoms. The Morgan fingerprint density at radius 1 is 0.909 bits per heavy atom. The average Bonchev–Trinajstić information content (AvgIpc) is 2.52. The van der Waals surface area contributed by atoms with E-state index in [1.165, 1.54) is 0 Å². The summed E-state index contributed by atoms with van der Waals surface area (Å²) in [6.45, 7) is 5.50. The highest BCUT2D eigenvalue weighted by Crippen LogP contribution is 2.34. The van der Waals surface area contributed by atoms with Crippen molar-refractivity contribution in [1.29, 1.82) is 10.5 Å². The Morgan fingerprint density at radius 3 is 1.95 bits per heavy atom. The lowest BCUT2D eigenvalue weighted by molar-refractivity contribution is 0.102. The van der Waals surface area contributed by atoms with Gasteiger partial charge in [0, 0.05) is 5.56 Å². The minimum Gasteiger partial charge on any atom is -0.215 e. The van der Waals surface area contributed by atoms with Crippen LogP contribution in [0.5, 0.6) is 0 Å². The van der Waals surface area contributed by atoms with E-state index in [0.717, 1.165) is 10.6 Å². The van der Waals surface area contributed by atoms with Gasteiger partial charge in [-0.25, -0.2) is 5.06 Å². The second-order valence-electron chi connectivity index (χ2n) is 6.00. The molecule has 2 aromatic carbocycles. The maximum atomic E-state index is 12.6. The molecule has 0 amide bonds. The summed E-state index contributed by atoms with van der Waals surface area (Å²) in [6, 6.07) is 16.1. The van der Waals surface area contributed by atoms with Gasteiger partial charge in [-0.15, -0.1) is 0 Å². The summed E-state index contributed by atoms with van der Waals surface area (Å²) >= 11 is 0. The number of hydrogen-bond acceptors (Lipinski definition) is 3. The summed E-state index contributed by atoms with van der Waals surface area (Å²) < 4.78 is 0. The number of benzene rings is 2. The minimum absolute atomic E-state index is 0.491. The molecule has 0 unspecified atom stereocenters. The van der Waals surface area contributed by atoms with Crippen molar-refractivity contribution in [3.8, 4) is 23.3 Å². The van der Waals surface area contributed by atoms with Gasteiger partial charge in [-0.3, -0.25) is 0 Å². The van der Waals surface area contributed by atoms with Crippen molar-refractivity contribution < 1.29 is 5.21 Å². The van der Waals surface area contributed by atoms with Crippen molar-refractivity contribution in [1.82, 2.24) is 0 Å². The number of hydrogen-bond donors (Lipinski definition) is 0. The summed E-state index contributed by atoms with van der Waals surface area (Å²) in [5, 5.41) is 31.5. The average molecular weight is 290 g/mol. The molecular formula is C18H16N3O. The molecule has 0 saturated carbocycles. The van der Waals surface area contributed by atoms with Crippen LogP contribution < -0.4 is 5.06 Å². The molecule has 0 spiro atoms. The van der Waals surface area contributed by atoms with Gasteiger partial charge in [0.15, 0.2) is 0 Å². The number of hydroxylamine groups is 1. The summed E-state index contributed by atoms with van der Waals surface area (Å²) in [6.07, 6.45) is 0. The SMILES string of the molecule is CC(C)(C)N([O])c1ccc(C#N)cc1-c1ccc(C#N)cc1. The van der Waals surface area contributed by atoms with Gasteiger partial charge in [0.2, 0.25) is 0 Å². The van der Waals surface area contributed by atoms with Crippen LogP contribution >= 0.6 is 0 Å². The van der Waals surface area contributed by atoms with Gasteiger partial charge in [0.25, 0.3) is 0 Å². The Hall–Kier alpha value is -2.82. The van der Waals surface area contributed by atoms with Crippen LogP contribution in [-0.4, -0.2) is 5.54 Å². The third-order valence-electron chi connectivity index (χ3n) is 3.28. The first-order valence-corrected chi connectivity index (χ1v) is 6.89. The van der Waals surface area contributed by atoms with Crippen LogP contribution in [-0.2, 0) is 5.21 Å². The van der Waals surface area contributed by atoms with Crippen LogP contribution in [0.25, 0.3) is 11.1 Å². The fourth-order valence-corrected chi connectivity index (χ4v) is 2.10. The Morgan fingerprint density at radius 2 is 1.45 bits per heavy atom. The maximum Gasteiger partial charge on any atom is 0.0991 e. The number of nitriles is 2. The second-order valence-corrected chi connectivity index (χ2v) is 6.00. The predicted octanol–water partition coefficient (Wildman–Crippen LogP) is 4.05. The molecule has 0 aliphatic rings. The summed E-state index contributed by atoms with van der Waals surface area (Å²) in [5.74, 6) is 0. The molecule has 0 aliphatic heterocycles. The predicted molar refractivity (Wildman–Crippen MR) is 84.2 cm³/mol. The molecule has 0 aromatic heterocycles. The highest BCUT2D eigenvalue weighted by molar-refractivity contribution is 5.80. The maximum absolute atomic E-state index is 12.6. The standard InChI is InChI=1S/C18H16N3O/c1-18(2,3)21(22)17-9-6-14(12-20)10-16(17)15-7-4-13(11-19)5-8-15/h4-10H,1-3H3. The number of nitrogens with zero attached hydrogens (tertiary/aromatic N) is 3. The van der Waals surface area contributed by atoms with E-state index in [9.17, 15) is 5.21 Å². The largest absolute Gasteiger partial charge is 0.215 e. The lowest BCUT2D eigenvalue weighted by Crippen LogP contribution is -2.37. The van der Waals surface area contributed by atoms with Crippen LogP contribution in [0.2, 0.25) is 0 Å². The van der Waals surface area contributed by atoms with E-state index in [4.69, 9.17) is 10.5 Å². The summed E-state index contributed by atoms with van der Waals surface area (Å²) in [5.41, 5.74) is 2.46. The lowest BCUT2D eigenvalue weighted by Gasteiger charge is -2.30. The molecule has 22 heavy (non-hydrogen) atoms. The highest BCUT2D eigenvalue weighted by atomic mass is 16.5. The Bertz CT molecular complexity index is 759. The molecule has 0 bridgehead atoms. The summed E-state index contributed by atoms with van der Waals surface area (Å²) in [7, 11) is 0. The van der Waals surface area contributed by atoms with Gasteiger partial charge in [-0.2, -0.15) is 10.5 Å². The van der Waals surface area contributed by atoms with Crippen LogP contribution in [0.1, 0.15) is 31.9 Å². The topological polar surface area (TPSA) is 70.7 Å². The zero-order valence-electron chi connectivity index (χ0n) is 12.8.